The summed E-state index contributed by atoms with van der Waals surface area (Å²) in [6, 6.07) is 58.1. The maximum absolute atomic E-state index is 5.53. The molecule has 278 valence electrons. The molecule has 6 aromatic carbocycles. The monoisotopic (exact) mass is 740 g/mol. The van der Waals surface area contributed by atoms with E-state index in [4.69, 9.17) is 9.98 Å². The molecule has 6 heteroatoms. The SMILES string of the molecule is CCCC(N/C(=N\CN1c2ccc3c4c(nc(-c5ccccc5)n4-c4ccccc4)n(-c4ccccc4)c3c2C2C=CC=CC21)c1ccccc1)c1ccccc1. The number of rotatable bonds is 10. The molecular weight excluding hydrogens is 697 g/mol. The van der Waals surface area contributed by atoms with E-state index < -0.39 is 0 Å². The van der Waals surface area contributed by atoms with E-state index >= 15 is 0 Å². The smallest absolute Gasteiger partial charge is 0.165 e. The van der Waals surface area contributed by atoms with Crippen molar-refractivity contribution in [1.82, 2.24) is 19.4 Å². The molecule has 0 fully saturated rings. The topological polar surface area (TPSA) is 50.4 Å². The second-order valence-electron chi connectivity index (χ2n) is 14.9. The molecule has 2 aliphatic rings. The molecule has 0 amide bonds. The molecule has 1 N–H and O–H groups in total. The molecule has 0 bridgehead atoms. The van der Waals surface area contributed by atoms with Crippen LogP contribution in [0.2, 0.25) is 0 Å². The molecule has 10 rings (SSSR count). The van der Waals surface area contributed by atoms with Crippen LogP contribution in [0, 0.1) is 0 Å². The van der Waals surface area contributed by atoms with Crippen LogP contribution in [0.15, 0.2) is 193 Å². The lowest BCUT2D eigenvalue weighted by Crippen LogP contribution is -2.35. The first-order valence-corrected chi connectivity index (χ1v) is 20.1. The lowest BCUT2D eigenvalue weighted by molar-refractivity contribution is 0.579. The minimum Gasteiger partial charge on any atom is -0.363 e. The number of hydrogen-bond donors (Lipinski definition) is 1. The minimum atomic E-state index is 0.111. The molecule has 3 atom stereocenters. The summed E-state index contributed by atoms with van der Waals surface area (Å²) in [4.78, 5) is 13.5. The van der Waals surface area contributed by atoms with Gasteiger partial charge in [0.15, 0.2) is 5.65 Å². The van der Waals surface area contributed by atoms with Crippen molar-refractivity contribution in [3.63, 3.8) is 0 Å². The number of aliphatic imine (C=N–C) groups is 1. The number of benzene rings is 6. The summed E-state index contributed by atoms with van der Waals surface area (Å²) >= 11 is 0. The van der Waals surface area contributed by atoms with Crippen molar-refractivity contribution in [2.45, 2.75) is 37.8 Å². The molecule has 0 saturated carbocycles. The highest BCUT2D eigenvalue weighted by Gasteiger charge is 2.40. The number of fused-ring (bicyclic) bond motifs is 7. The summed E-state index contributed by atoms with van der Waals surface area (Å²) in [7, 11) is 0. The number of imidazole rings is 1. The lowest BCUT2D eigenvalue weighted by Gasteiger charge is -2.28. The van der Waals surface area contributed by atoms with Crippen molar-refractivity contribution in [2.24, 2.45) is 4.99 Å². The summed E-state index contributed by atoms with van der Waals surface area (Å²) in [5.74, 6) is 1.97. The highest BCUT2D eigenvalue weighted by Crippen LogP contribution is 2.50. The van der Waals surface area contributed by atoms with E-state index in [0.717, 1.165) is 58.2 Å². The summed E-state index contributed by atoms with van der Waals surface area (Å²) in [6.07, 6.45) is 11.2. The van der Waals surface area contributed by atoms with Gasteiger partial charge < -0.3 is 10.2 Å². The van der Waals surface area contributed by atoms with Gasteiger partial charge >= 0.3 is 0 Å². The molecule has 1 aliphatic carbocycles. The van der Waals surface area contributed by atoms with Gasteiger partial charge in [-0.3, -0.25) is 9.13 Å². The third-order valence-corrected chi connectivity index (χ3v) is 11.4. The summed E-state index contributed by atoms with van der Waals surface area (Å²) in [6.45, 7) is 2.75. The molecular formula is C51H44N6. The summed E-state index contributed by atoms with van der Waals surface area (Å²) in [5, 5.41) is 5.07. The Morgan fingerprint density at radius 2 is 1.28 bits per heavy atom. The number of allylic oxidation sites excluding steroid dienone is 2. The fourth-order valence-electron chi connectivity index (χ4n) is 8.87. The molecule has 57 heavy (non-hydrogen) atoms. The zero-order valence-electron chi connectivity index (χ0n) is 32.0. The van der Waals surface area contributed by atoms with Crippen LogP contribution in [0.4, 0.5) is 5.69 Å². The van der Waals surface area contributed by atoms with Crippen LogP contribution in [0.1, 0.15) is 48.4 Å². The molecule has 0 radical (unpaired) electrons. The van der Waals surface area contributed by atoms with Gasteiger partial charge in [-0.1, -0.05) is 165 Å². The van der Waals surface area contributed by atoms with E-state index in [2.05, 4.69) is 214 Å². The Morgan fingerprint density at radius 3 is 1.96 bits per heavy atom. The van der Waals surface area contributed by atoms with Crippen LogP contribution >= 0.6 is 0 Å². The average molecular weight is 741 g/mol. The van der Waals surface area contributed by atoms with Gasteiger partial charge in [0.05, 0.1) is 17.6 Å². The summed E-state index contributed by atoms with van der Waals surface area (Å²) < 4.78 is 4.75. The standard InChI is InChI=1S/C51H44N6/c1-2-20-43(36-21-8-3-9-22-36)53-49(37-23-10-4-11-24-37)52-35-55-44-32-19-18-31-41(44)46-45(55)34-33-42-47(46)56(39-27-14-6-15-28-39)51-48(42)57(40-29-16-7-17-30-40)50(54-51)38-25-12-5-13-26-38/h3-19,21-34,41,43-44H,2,20,35H2,1H3,(H,52,53). The first-order chi connectivity index (χ1) is 28.3. The van der Waals surface area contributed by atoms with Gasteiger partial charge in [-0.05, 0) is 48.4 Å². The van der Waals surface area contributed by atoms with Crippen molar-refractivity contribution in [3.05, 3.63) is 205 Å². The van der Waals surface area contributed by atoms with E-state index in [1.54, 1.807) is 0 Å². The molecule has 6 nitrogen and oxygen atoms in total. The Bertz CT molecular complexity index is 2750. The third kappa shape index (κ3) is 6.14. The quantitative estimate of drug-likeness (QED) is 0.112. The number of anilines is 1. The van der Waals surface area contributed by atoms with Gasteiger partial charge in [0.1, 0.15) is 23.8 Å². The Morgan fingerprint density at radius 1 is 0.667 bits per heavy atom. The van der Waals surface area contributed by atoms with Crippen LogP contribution in [-0.4, -0.2) is 32.7 Å². The molecule has 3 heterocycles. The highest BCUT2D eigenvalue weighted by molar-refractivity contribution is 6.11. The first-order valence-electron chi connectivity index (χ1n) is 20.1. The van der Waals surface area contributed by atoms with E-state index in [1.807, 2.05) is 0 Å². The highest BCUT2D eigenvalue weighted by atomic mass is 15.3. The Labute approximate surface area is 333 Å². The van der Waals surface area contributed by atoms with Crippen LogP contribution in [0.25, 0.3) is 44.8 Å². The number of hydrogen-bond acceptors (Lipinski definition) is 3. The van der Waals surface area contributed by atoms with Crippen molar-refractivity contribution in [2.75, 3.05) is 11.6 Å². The van der Waals surface area contributed by atoms with Crippen molar-refractivity contribution >= 4 is 33.6 Å². The van der Waals surface area contributed by atoms with Crippen LogP contribution < -0.4 is 10.2 Å². The van der Waals surface area contributed by atoms with Crippen LogP contribution in [0.3, 0.4) is 0 Å². The molecule has 0 saturated heterocycles. The van der Waals surface area contributed by atoms with Crippen molar-refractivity contribution < 1.29 is 0 Å². The molecule has 8 aromatic rings. The minimum absolute atomic E-state index is 0.111. The molecule has 1 aliphatic heterocycles. The number of amidine groups is 1. The second-order valence-corrected chi connectivity index (χ2v) is 14.9. The van der Waals surface area contributed by atoms with E-state index in [0.29, 0.717) is 6.67 Å². The van der Waals surface area contributed by atoms with Gasteiger partial charge in [-0.25, -0.2) is 9.98 Å². The zero-order chi connectivity index (χ0) is 38.1. The third-order valence-electron chi connectivity index (χ3n) is 11.4. The predicted octanol–water partition coefficient (Wildman–Crippen LogP) is 11.6. The van der Waals surface area contributed by atoms with Crippen LogP contribution in [-0.2, 0) is 0 Å². The van der Waals surface area contributed by atoms with E-state index in [-0.39, 0.29) is 18.0 Å². The Balaban J connectivity index is 1.17. The van der Waals surface area contributed by atoms with Gasteiger partial charge in [-0.2, -0.15) is 0 Å². The Kier molecular flexibility index (Phi) is 9.07. The second kappa shape index (κ2) is 15.0. The van der Waals surface area contributed by atoms with Crippen molar-refractivity contribution in [3.8, 4) is 22.8 Å². The number of nitrogens with zero attached hydrogens (tertiary/aromatic N) is 5. The van der Waals surface area contributed by atoms with Gasteiger partial charge in [0.25, 0.3) is 0 Å². The van der Waals surface area contributed by atoms with Gasteiger partial charge in [-0.15, -0.1) is 0 Å². The number of aromatic nitrogens is 3. The maximum Gasteiger partial charge on any atom is 0.165 e. The van der Waals surface area contributed by atoms with Crippen LogP contribution in [0.5, 0.6) is 0 Å². The van der Waals surface area contributed by atoms with E-state index in [9.17, 15) is 0 Å². The fraction of sp³-hybridized carbons (Fsp3) is 0.137. The largest absolute Gasteiger partial charge is 0.363 e. The normalized spacial score (nSPS) is 16.6. The lowest BCUT2D eigenvalue weighted by atomic mass is 9.90. The summed E-state index contributed by atoms with van der Waals surface area (Å²) in [5.41, 5.74) is 11.3. The number of nitrogens with one attached hydrogen (secondary N) is 1. The average Bonchev–Trinajstić information content (AvgIpc) is 3.93. The maximum atomic E-state index is 5.53. The van der Waals surface area contributed by atoms with E-state index in [1.165, 1.54) is 27.7 Å². The first kappa shape index (κ1) is 34.6. The van der Waals surface area contributed by atoms with Gasteiger partial charge in [0, 0.05) is 45.1 Å². The molecule has 3 unspecified atom stereocenters. The van der Waals surface area contributed by atoms with Gasteiger partial charge in [0.2, 0.25) is 0 Å². The molecule has 2 aromatic heterocycles. The number of para-hydroxylation sites is 2. The zero-order valence-corrected chi connectivity index (χ0v) is 32.0. The molecule has 0 spiro atoms. The fourth-order valence-corrected chi connectivity index (χ4v) is 8.87. The Hall–Kier alpha value is -6.92. The predicted molar refractivity (Wildman–Crippen MR) is 236 cm³/mol. The van der Waals surface area contributed by atoms with Crippen molar-refractivity contribution in [1.29, 1.82) is 0 Å².